The molecule has 0 atom stereocenters. The van der Waals surface area contributed by atoms with E-state index < -0.39 is 11.6 Å². The first kappa shape index (κ1) is 11.9. The number of anilines is 1. The molecule has 2 rings (SSSR count). The molecule has 6 heteroatoms. The topological polar surface area (TPSA) is 52.6 Å². The van der Waals surface area contributed by atoms with Crippen molar-refractivity contribution < 1.29 is 18.7 Å². The van der Waals surface area contributed by atoms with Gasteiger partial charge in [-0.05, 0) is 12.1 Å². The molecule has 1 saturated heterocycles. The van der Waals surface area contributed by atoms with Crippen LogP contribution in [0.4, 0.5) is 14.5 Å². The summed E-state index contributed by atoms with van der Waals surface area (Å²) >= 11 is 0. The number of hydrogen-bond acceptors (Lipinski definition) is 3. The summed E-state index contributed by atoms with van der Waals surface area (Å²) in [7, 11) is 0. The number of carbonyl (C=O) groups excluding carboxylic acids is 1. The number of amides is 1. The Kier molecular flexibility index (Phi) is 3.35. The van der Waals surface area contributed by atoms with Gasteiger partial charge in [0.1, 0.15) is 0 Å². The third-order valence-electron chi connectivity index (χ3n) is 2.51. The van der Waals surface area contributed by atoms with Gasteiger partial charge in [-0.1, -0.05) is 0 Å². The SMILES string of the molecule is O=C(CN1CC(O)C1)Nc1ccc(F)c(F)c1. The zero-order valence-electron chi connectivity index (χ0n) is 8.99. The van der Waals surface area contributed by atoms with Gasteiger partial charge in [-0.3, -0.25) is 9.69 Å². The Bertz CT molecular complexity index is 433. The number of nitrogens with one attached hydrogen (secondary N) is 1. The van der Waals surface area contributed by atoms with E-state index >= 15 is 0 Å². The van der Waals surface area contributed by atoms with Crippen LogP contribution in [-0.2, 0) is 4.79 Å². The van der Waals surface area contributed by atoms with Crippen LogP contribution in [0.1, 0.15) is 0 Å². The first-order valence-electron chi connectivity index (χ1n) is 5.20. The summed E-state index contributed by atoms with van der Waals surface area (Å²) in [4.78, 5) is 13.2. The fourth-order valence-corrected chi connectivity index (χ4v) is 1.65. The van der Waals surface area contributed by atoms with Crippen molar-refractivity contribution in [2.75, 3.05) is 25.0 Å². The molecule has 1 aromatic rings. The van der Waals surface area contributed by atoms with Gasteiger partial charge < -0.3 is 10.4 Å². The predicted octanol–water partition coefficient (Wildman–Crippen LogP) is 0.580. The van der Waals surface area contributed by atoms with Gasteiger partial charge in [0.2, 0.25) is 5.91 Å². The van der Waals surface area contributed by atoms with E-state index in [9.17, 15) is 13.6 Å². The van der Waals surface area contributed by atoms with Crippen molar-refractivity contribution in [1.82, 2.24) is 4.90 Å². The van der Waals surface area contributed by atoms with E-state index in [0.717, 1.165) is 12.1 Å². The average Bonchev–Trinajstić information content (AvgIpc) is 2.21. The molecule has 0 radical (unpaired) electrons. The van der Waals surface area contributed by atoms with Crippen LogP contribution in [0.3, 0.4) is 0 Å². The summed E-state index contributed by atoms with van der Waals surface area (Å²) in [5.74, 6) is -2.26. The quantitative estimate of drug-likeness (QED) is 0.815. The molecule has 0 aromatic heterocycles. The highest BCUT2D eigenvalue weighted by molar-refractivity contribution is 5.92. The van der Waals surface area contributed by atoms with Crippen LogP contribution in [0.15, 0.2) is 18.2 Å². The van der Waals surface area contributed by atoms with E-state index in [2.05, 4.69) is 5.32 Å². The number of β-amino-alcohol motifs (C(OH)–C–C–N with tert-alkyl or cyclic N) is 1. The normalized spacial score (nSPS) is 16.6. The molecule has 1 fully saturated rings. The average molecular weight is 242 g/mol. The van der Waals surface area contributed by atoms with Gasteiger partial charge in [0.25, 0.3) is 0 Å². The van der Waals surface area contributed by atoms with Crippen LogP contribution in [-0.4, -0.2) is 41.7 Å². The number of aliphatic hydroxyl groups is 1. The van der Waals surface area contributed by atoms with Crippen LogP contribution in [0.25, 0.3) is 0 Å². The van der Waals surface area contributed by atoms with E-state index in [1.807, 2.05) is 0 Å². The Morgan fingerprint density at radius 1 is 1.41 bits per heavy atom. The number of hydrogen-bond donors (Lipinski definition) is 2. The van der Waals surface area contributed by atoms with Crippen LogP contribution < -0.4 is 5.32 Å². The number of benzene rings is 1. The maximum absolute atomic E-state index is 12.9. The lowest BCUT2D eigenvalue weighted by molar-refractivity contribution is -0.119. The minimum atomic E-state index is -0.998. The lowest BCUT2D eigenvalue weighted by atomic mass is 10.2. The van der Waals surface area contributed by atoms with Crippen molar-refractivity contribution in [3.63, 3.8) is 0 Å². The van der Waals surface area contributed by atoms with Crippen LogP contribution in [0.5, 0.6) is 0 Å². The summed E-state index contributed by atoms with van der Waals surface area (Å²) in [6.45, 7) is 1.06. The maximum atomic E-state index is 12.9. The summed E-state index contributed by atoms with van der Waals surface area (Å²) < 4.78 is 25.5. The summed E-state index contributed by atoms with van der Waals surface area (Å²) in [5.41, 5.74) is 0.218. The van der Waals surface area contributed by atoms with E-state index in [4.69, 9.17) is 5.11 Å². The third kappa shape index (κ3) is 2.98. The number of likely N-dealkylation sites (tertiary alicyclic amines) is 1. The fraction of sp³-hybridized carbons (Fsp3) is 0.364. The van der Waals surface area contributed by atoms with Crippen molar-refractivity contribution in [3.8, 4) is 0 Å². The molecule has 1 aliphatic rings. The standard InChI is InChI=1S/C11H12F2N2O2/c12-9-2-1-7(3-10(9)13)14-11(17)6-15-4-8(16)5-15/h1-3,8,16H,4-6H2,(H,14,17). The van der Waals surface area contributed by atoms with Crippen LogP contribution in [0.2, 0.25) is 0 Å². The molecule has 1 aromatic carbocycles. The second kappa shape index (κ2) is 4.77. The third-order valence-corrected chi connectivity index (χ3v) is 2.51. The molecule has 92 valence electrons. The van der Waals surface area contributed by atoms with Crippen LogP contribution in [0, 0.1) is 11.6 Å². The first-order valence-corrected chi connectivity index (χ1v) is 5.20. The molecule has 0 bridgehead atoms. The van der Waals surface area contributed by atoms with Gasteiger partial charge in [-0.25, -0.2) is 8.78 Å². The molecule has 1 amide bonds. The molecule has 1 aliphatic heterocycles. The molecule has 0 saturated carbocycles. The van der Waals surface area contributed by atoms with E-state index in [-0.39, 0.29) is 24.2 Å². The molecule has 0 spiro atoms. The minimum absolute atomic E-state index is 0.135. The highest BCUT2D eigenvalue weighted by atomic mass is 19.2. The number of carbonyl (C=O) groups is 1. The van der Waals surface area contributed by atoms with E-state index in [0.29, 0.717) is 13.1 Å². The van der Waals surface area contributed by atoms with Gasteiger partial charge in [-0.2, -0.15) is 0 Å². The lowest BCUT2D eigenvalue weighted by Crippen LogP contribution is -2.53. The van der Waals surface area contributed by atoms with Gasteiger partial charge in [0.15, 0.2) is 11.6 Å². The van der Waals surface area contributed by atoms with Crippen molar-refractivity contribution in [1.29, 1.82) is 0 Å². The fourth-order valence-electron chi connectivity index (χ4n) is 1.65. The number of nitrogens with zero attached hydrogens (tertiary/aromatic N) is 1. The molecular weight excluding hydrogens is 230 g/mol. The zero-order chi connectivity index (χ0) is 12.4. The monoisotopic (exact) mass is 242 g/mol. The highest BCUT2D eigenvalue weighted by Crippen LogP contribution is 2.13. The predicted molar refractivity (Wildman–Crippen MR) is 57.4 cm³/mol. The molecule has 17 heavy (non-hydrogen) atoms. The molecule has 2 N–H and O–H groups in total. The lowest BCUT2D eigenvalue weighted by Gasteiger charge is -2.34. The zero-order valence-corrected chi connectivity index (χ0v) is 8.99. The Balaban J connectivity index is 1.87. The second-order valence-corrected chi connectivity index (χ2v) is 4.02. The number of halogens is 2. The summed E-state index contributed by atoms with van der Waals surface area (Å²) in [6.07, 6.45) is -0.369. The van der Waals surface area contributed by atoms with Crippen molar-refractivity contribution in [2.24, 2.45) is 0 Å². The van der Waals surface area contributed by atoms with Gasteiger partial charge in [0, 0.05) is 24.8 Å². The highest BCUT2D eigenvalue weighted by Gasteiger charge is 2.25. The van der Waals surface area contributed by atoms with Gasteiger partial charge >= 0.3 is 0 Å². The van der Waals surface area contributed by atoms with Gasteiger partial charge in [-0.15, -0.1) is 0 Å². The molecule has 0 aliphatic carbocycles. The van der Waals surface area contributed by atoms with Crippen molar-refractivity contribution in [2.45, 2.75) is 6.10 Å². The van der Waals surface area contributed by atoms with Crippen LogP contribution >= 0.6 is 0 Å². The molecule has 4 nitrogen and oxygen atoms in total. The van der Waals surface area contributed by atoms with E-state index in [1.165, 1.54) is 6.07 Å². The Labute approximate surface area is 96.8 Å². The molecule has 0 unspecified atom stereocenters. The first-order chi connectivity index (χ1) is 8.04. The second-order valence-electron chi connectivity index (χ2n) is 4.02. The smallest absolute Gasteiger partial charge is 0.238 e. The summed E-state index contributed by atoms with van der Waals surface area (Å²) in [5, 5.41) is 11.5. The van der Waals surface area contributed by atoms with Gasteiger partial charge in [0.05, 0.1) is 12.6 Å². The molecular formula is C11H12F2N2O2. The Morgan fingerprint density at radius 3 is 2.71 bits per heavy atom. The van der Waals surface area contributed by atoms with E-state index in [1.54, 1.807) is 4.90 Å². The van der Waals surface area contributed by atoms with Crippen molar-refractivity contribution in [3.05, 3.63) is 29.8 Å². The number of aliphatic hydroxyl groups excluding tert-OH is 1. The molecule has 1 heterocycles. The Morgan fingerprint density at radius 2 is 2.12 bits per heavy atom. The minimum Gasteiger partial charge on any atom is -0.390 e. The van der Waals surface area contributed by atoms with Crippen molar-refractivity contribution >= 4 is 11.6 Å². The summed E-state index contributed by atoms with van der Waals surface area (Å²) in [6, 6.07) is 3.18. The largest absolute Gasteiger partial charge is 0.390 e. The number of rotatable bonds is 3. The maximum Gasteiger partial charge on any atom is 0.238 e. The Hall–Kier alpha value is -1.53.